The van der Waals surface area contributed by atoms with Crippen LogP contribution in [-0.2, 0) is 14.4 Å². The van der Waals surface area contributed by atoms with Crippen LogP contribution < -0.4 is 0 Å². The maximum absolute atomic E-state index is 9.25. The Labute approximate surface area is 120 Å². The van der Waals surface area contributed by atoms with Gasteiger partial charge in [0.05, 0.1) is 12.4 Å². The number of nitrogens with zero attached hydrogens (tertiary/aromatic N) is 3. The predicted molar refractivity (Wildman–Crippen MR) is 73.3 cm³/mol. The van der Waals surface area contributed by atoms with Crippen molar-refractivity contribution in [3.63, 3.8) is 0 Å². The highest BCUT2D eigenvalue weighted by atomic mass is 16.4. The van der Waals surface area contributed by atoms with Gasteiger partial charge in [-0.1, -0.05) is 19.7 Å². The van der Waals surface area contributed by atoms with E-state index in [1.807, 2.05) is 0 Å². The van der Waals surface area contributed by atoms with Crippen LogP contribution in [0.4, 0.5) is 0 Å². The highest BCUT2D eigenvalue weighted by molar-refractivity contribution is 5.79. The maximum Gasteiger partial charge on any atom is 0.327 e. The van der Waals surface area contributed by atoms with Crippen LogP contribution in [0.5, 0.6) is 0 Å². The average Bonchev–Trinajstić information content (AvgIpc) is 2.50. The number of carbonyl (C=O) groups is 3. The van der Waals surface area contributed by atoms with Gasteiger partial charge in [0.1, 0.15) is 0 Å². The number of carboxylic acids is 3. The fourth-order valence-corrected chi connectivity index (χ4v) is 0.205. The number of hydrogen-bond donors (Lipinski definition) is 3. The second-order valence-corrected chi connectivity index (χ2v) is 2.44. The van der Waals surface area contributed by atoms with Gasteiger partial charge in [-0.25, -0.2) is 14.4 Å². The van der Waals surface area contributed by atoms with Gasteiger partial charge in [0.2, 0.25) is 0 Å². The Balaban J connectivity index is -0.000000207. The minimum Gasteiger partial charge on any atom is -0.478 e. The van der Waals surface area contributed by atoms with Gasteiger partial charge in [-0.05, 0) is 11.3 Å². The van der Waals surface area contributed by atoms with Crippen molar-refractivity contribution in [1.29, 1.82) is 0 Å². The van der Waals surface area contributed by atoms with Gasteiger partial charge in [0.15, 0.2) is 0 Å². The van der Waals surface area contributed by atoms with Crippen molar-refractivity contribution >= 4 is 17.9 Å². The van der Waals surface area contributed by atoms with E-state index >= 15 is 0 Å². The summed E-state index contributed by atoms with van der Waals surface area (Å²) < 4.78 is 0. The van der Waals surface area contributed by atoms with Crippen molar-refractivity contribution in [3.05, 3.63) is 56.4 Å². The van der Waals surface area contributed by atoms with Gasteiger partial charge < -0.3 is 15.3 Å². The molecule has 1 aromatic heterocycles. The standard InChI is InChI=1S/C3H3N3.3C3H4O2/c1-2-4-6-5-3-1;3*1-2-3(4)5/h1-3H;3*2H,1H2,(H,4,5). The number of aliphatic carboxylic acids is 3. The Morgan fingerprint density at radius 3 is 1.05 bits per heavy atom. The second kappa shape index (κ2) is 19.0. The molecule has 1 rings (SSSR count). The number of hydrogen-bond acceptors (Lipinski definition) is 6. The van der Waals surface area contributed by atoms with E-state index in [0.29, 0.717) is 0 Å². The Kier molecular flexibility index (Phi) is 20.6. The van der Waals surface area contributed by atoms with Gasteiger partial charge in [0, 0.05) is 18.2 Å². The number of aromatic nitrogens is 3. The molecular formula is C12H15N3O6. The number of rotatable bonds is 3. The molecule has 9 heteroatoms. The zero-order chi connectivity index (χ0) is 17.1. The zero-order valence-corrected chi connectivity index (χ0v) is 11.0. The number of carboxylic acid groups (broad SMARTS) is 3. The largest absolute Gasteiger partial charge is 0.478 e. The third-order valence-electron chi connectivity index (χ3n) is 0.933. The molecule has 0 aliphatic heterocycles. The Hall–Kier alpha value is -3.36. The van der Waals surface area contributed by atoms with Crippen LogP contribution >= 0.6 is 0 Å². The SMILES string of the molecule is C=CC(=O)O.C=CC(=O)O.C=CC(=O)O.c1cnnnc1. The first kappa shape index (κ1) is 22.8. The van der Waals surface area contributed by atoms with Crippen LogP contribution in [0.2, 0.25) is 0 Å². The predicted octanol–water partition coefficient (Wildman–Crippen LogP) is 0.643. The smallest absolute Gasteiger partial charge is 0.327 e. The third kappa shape index (κ3) is 47.8. The van der Waals surface area contributed by atoms with E-state index in [4.69, 9.17) is 15.3 Å². The van der Waals surface area contributed by atoms with Crippen LogP contribution in [0.25, 0.3) is 0 Å². The van der Waals surface area contributed by atoms with Crippen LogP contribution in [0, 0.1) is 0 Å². The lowest BCUT2D eigenvalue weighted by atomic mass is 10.7. The van der Waals surface area contributed by atoms with E-state index in [1.165, 1.54) is 0 Å². The molecule has 0 amide bonds. The van der Waals surface area contributed by atoms with Crippen molar-refractivity contribution in [2.75, 3.05) is 0 Å². The molecule has 0 saturated heterocycles. The van der Waals surface area contributed by atoms with E-state index in [9.17, 15) is 14.4 Å². The summed E-state index contributed by atoms with van der Waals surface area (Å²) in [5.74, 6) is -2.94. The van der Waals surface area contributed by atoms with Crippen LogP contribution in [0.15, 0.2) is 56.4 Å². The summed E-state index contributed by atoms with van der Waals surface area (Å²) in [5.41, 5.74) is 0. The van der Waals surface area contributed by atoms with E-state index < -0.39 is 17.9 Å². The first-order valence-electron chi connectivity index (χ1n) is 4.96. The fourth-order valence-electron chi connectivity index (χ4n) is 0.205. The fraction of sp³-hybridized carbons (Fsp3) is 0. The molecule has 9 nitrogen and oxygen atoms in total. The molecule has 0 unspecified atom stereocenters. The van der Waals surface area contributed by atoms with Gasteiger partial charge in [-0.2, -0.15) is 0 Å². The quantitative estimate of drug-likeness (QED) is 0.682. The summed E-state index contributed by atoms with van der Waals surface area (Å²) in [6.45, 7) is 8.88. The molecule has 0 aliphatic rings. The zero-order valence-electron chi connectivity index (χ0n) is 11.0. The summed E-state index contributed by atoms with van der Waals surface area (Å²) >= 11 is 0. The van der Waals surface area contributed by atoms with Gasteiger partial charge in [0.25, 0.3) is 0 Å². The van der Waals surface area contributed by atoms with Crippen molar-refractivity contribution < 1.29 is 29.7 Å². The molecule has 0 atom stereocenters. The first-order valence-corrected chi connectivity index (χ1v) is 4.96. The van der Waals surface area contributed by atoms with E-state index in [-0.39, 0.29) is 0 Å². The average molecular weight is 297 g/mol. The summed E-state index contributed by atoms with van der Waals surface area (Å²) in [7, 11) is 0. The first-order chi connectivity index (χ1) is 9.81. The third-order valence-corrected chi connectivity index (χ3v) is 0.933. The van der Waals surface area contributed by atoms with Gasteiger partial charge in [-0.15, -0.1) is 10.2 Å². The molecule has 0 radical (unpaired) electrons. The Morgan fingerprint density at radius 2 is 1.00 bits per heavy atom. The molecule has 1 aromatic rings. The van der Waals surface area contributed by atoms with Crippen molar-refractivity contribution in [1.82, 2.24) is 15.4 Å². The van der Waals surface area contributed by atoms with Gasteiger partial charge >= 0.3 is 17.9 Å². The minimum atomic E-state index is -0.981. The summed E-state index contributed by atoms with van der Waals surface area (Å²) in [5, 5.41) is 32.9. The van der Waals surface area contributed by atoms with Crippen molar-refractivity contribution in [2.24, 2.45) is 0 Å². The lowest BCUT2D eigenvalue weighted by molar-refractivity contribution is -0.132. The van der Waals surface area contributed by atoms with Crippen LogP contribution in [0.3, 0.4) is 0 Å². The molecule has 0 spiro atoms. The molecule has 21 heavy (non-hydrogen) atoms. The topological polar surface area (TPSA) is 151 Å². The Morgan fingerprint density at radius 1 is 0.762 bits per heavy atom. The molecule has 1 heterocycles. The van der Waals surface area contributed by atoms with Crippen LogP contribution in [0.1, 0.15) is 0 Å². The maximum atomic E-state index is 9.25. The monoisotopic (exact) mass is 297 g/mol. The van der Waals surface area contributed by atoms with E-state index in [0.717, 1.165) is 18.2 Å². The second-order valence-electron chi connectivity index (χ2n) is 2.44. The Bertz CT molecular complexity index is 378. The lowest BCUT2D eigenvalue weighted by Crippen LogP contribution is -1.82. The van der Waals surface area contributed by atoms with E-state index in [1.54, 1.807) is 18.5 Å². The molecular weight excluding hydrogens is 282 g/mol. The molecule has 114 valence electrons. The van der Waals surface area contributed by atoms with E-state index in [2.05, 4.69) is 35.1 Å². The van der Waals surface area contributed by atoms with Gasteiger partial charge in [-0.3, -0.25) is 0 Å². The summed E-state index contributed by atoms with van der Waals surface area (Å²) in [6, 6.07) is 1.72. The molecule has 0 aromatic carbocycles. The molecule has 3 N–H and O–H groups in total. The highest BCUT2D eigenvalue weighted by Gasteiger charge is 1.74. The van der Waals surface area contributed by atoms with Crippen molar-refractivity contribution in [3.8, 4) is 0 Å². The molecule has 0 bridgehead atoms. The minimum absolute atomic E-state index is 0.833. The molecule has 0 saturated carbocycles. The van der Waals surface area contributed by atoms with Crippen LogP contribution in [-0.4, -0.2) is 48.6 Å². The summed E-state index contributed by atoms with van der Waals surface area (Å²) in [4.78, 5) is 27.8. The normalized spacial score (nSPS) is 6.86. The lowest BCUT2D eigenvalue weighted by Gasteiger charge is -1.68. The molecule has 0 aliphatic carbocycles. The van der Waals surface area contributed by atoms with Crippen molar-refractivity contribution in [2.45, 2.75) is 0 Å². The summed E-state index contributed by atoms with van der Waals surface area (Å²) in [6.07, 6.45) is 5.65. The highest BCUT2D eigenvalue weighted by Crippen LogP contribution is 1.61. The molecule has 0 fully saturated rings.